The van der Waals surface area contributed by atoms with Crippen LogP contribution in [0.25, 0.3) is 0 Å². The molecule has 2 N–H and O–H groups in total. The summed E-state index contributed by atoms with van der Waals surface area (Å²) in [6.07, 6.45) is 2.44. The van der Waals surface area contributed by atoms with Crippen LogP contribution in [0, 0.1) is 5.41 Å². The maximum absolute atomic E-state index is 5.17. The standard InChI is InChI=1S/C9H16N4O/c1-9(5-14-6-9)4-10-3-2-8-11-7-12-13-8/h7,10H,2-6H2,1H3,(H,11,12,13). The molecule has 1 fully saturated rings. The number of nitrogens with zero attached hydrogens (tertiary/aromatic N) is 2. The Balaban J connectivity index is 1.59. The second kappa shape index (κ2) is 4.06. The van der Waals surface area contributed by atoms with Gasteiger partial charge in [-0.25, -0.2) is 4.98 Å². The van der Waals surface area contributed by atoms with E-state index in [0.29, 0.717) is 5.41 Å². The van der Waals surface area contributed by atoms with E-state index >= 15 is 0 Å². The van der Waals surface area contributed by atoms with Crippen molar-refractivity contribution in [2.75, 3.05) is 26.3 Å². The van der Waals surface area contributed by atoms with E-state index in [1.54, 1.807) is 0 Å². The van der Waals surface area contributed by atoms with E-state index in [-0.39, 0.29) is 0 Å². The summed E-state index contributed by atoms with van der Waals surface area (Å²) in [5, 5.41) is 10.0. The monoisotopic (exact) mass is 196 g/mol. The van der Waals surface area contributed by atoms with Crippen molar-refractivity contribution in [1.29, 1.82) is 0 Å². The Morgan fingerprint density at radius 3 is 3.07 bits per heavy atom. The highest BCUT2D eigenvalue weighted by Crippen LogP contribution is 2.24. The molecule has 0 aromatic carbocycles. The lowest BCUT2D eigenvalue weighted by atomic mass is 9.89. The van der Waals surface area contributed by atoms with Crippen LogP contribution in [0.15, 0.2) is 6.33 Å². The number of ether oxygens (including phenoxy) is 1. The summed E-state index contributed by atoms with van der Waals surface area (Å²) in [5.74, 6) is 0.938. The molecule has 1 aromatic heterocycles. The molecule has 14 heavy (non-hydrogen) atoms. The maximum Gasteiger partial charge on any atom is 0.137 e. The van der Waals surface area contributed by atoms with Crippen LogP contribution in [0.1, 0.15) is 12.7 Å². The Kier molecular flexibility index (Phi) is 2.79. The molecule has 2 heterocycles. The molecule has 1 aliphatic rings. The topological polar surface area (TPSA) is 62.8 Å². The van der Waals surface area contributed by atoms with E-state index in [1.165, 1.54) is 6.33 Å². The SMILES string of the molecule is CC1(CNCCc2ncn[nH]2)COC1. The highest BCUT2D eigenvalue weighted by Gasteiger charge is 2.32. The van der Waals surface area contributed by atoms with Crippen LogP contribution in [0.3, 0.4) is 0 Å². The molecule has 78 valence electrons. The van der Waals surface area contributed by atoms with Gasteiger partial charge in [-0.2, -0.15) is 5.10 Å². The largest absolute Gasteiger partial charge is 0.380 e. The van der Waals surface area contributed by atoms with Crippen LogP contribution in [-0.4, -0.2) is 41.5 Å². The molecule has 0 radical (unpaired) electrons. The lowest BCUT2D eigenvalue weighted by Crippen LogP contribution is -2.47. The first-order valence-corrected chi connectivity index (χ1v) is 4.91. The van der Waals surface area contributed by atoms with Crippen LogP contribution in [-0.2, 0) is 11.2 Å². The zero-order chi connectivity index (χ0) is 9.86. The normalized spacial score (nSPS) is 19.2. The van der Waals surface area contributed by atoms with Gasteiger partial charge in [-0.3, -0.25) is 5.10 Å². The van der Waals surface area contributed by atoms with Crippen molar-refractivity contribution in [2.45, 2.75) is 13.3 Å². The summed E-state index contributed by atoms with van der Waals surface area (Å²) in [5.41, 5.74) is 0.349. The van der Waals surface area contributed by atoms with E-state index in [9.17, 15) is 0 Å². The third kappa shape index (κ3) is 2.30. The van der Waals surface area contributed by atoms with E-state index in [2.05, 4.69) is 27.4 Å². The summed E-state index contributed by atoms with van der Waals surface area (Å²) in [6, 6.07) is 0. The Bertz CT molecular complexity index is 268. The second-order valence-corrected chi connectivity index (χ2v) is 4.16. The molecule has 1 saturated heterocycles. The van der Waals surface area contributed by atoms with Gasteiger partial charge in [0.25, 0.3) is 0 Å². The molecular weight excluding hydrogens is 180 g/mol. The van der Waals surface area contributed by atoms with Gasteiger partial charge in [-0.1, -0.05) is 6.92 Å². The number of hydrogen-bond acceptors (Lipinski definition) is 4. The first kappa shape index (κ1) is 9.61. The van der Waals surface area contributed by atoms with Gasteiger partial charge < -0.3 is 10.1 Å². The highest BCUT2D eigenvalue weighted by molar-refractivity contribution is 4.85. The predicted octanol–water partition coefficient (Wildman–Crippen LogP) is -0.0267. The minimum atomic E-state index is 0.349. The Morgan fingerprint density at radius 1 is 1.64 bits per heavy atom. The lowest BCUT2D eigenvalue weighted by Gasteiger charge is -2.38. The molecule has 1 aliphatic heterocycles. The zero-order valence-electron chi connectivity index (χ0n) is 8.42. The van der Waals surface area contributed by atoms with E-state index < -0.39 is 0 Å². The van der Waals surface area contributed by atoms with Gasteiger partial charge >= 0.3 is 0 Å². The molecule has 0 unspecified atom stereocenters. The van der Waals surface area contributed by atoms with E-state index in [4.69, 9.17) is 4.74 Å². The number of H-pyrrole nitrogens is 1. The fraction of sp³-hybridized carbons (Fsp3) is 0.778. The molecule has 0 spiro atoms. The van der Waals surface area contributed by atoms with Crippen molar-refractivity contribution < 1.29 is 4.74 Å². The molecule has 2 rings (SSSR count). The minimum Gasteiger partial charge on any atom is -0.380 e. The molecule has 0 atom stereocenters. The van der Waals surface area contributed by atoms with Gasteiger partial charge in [0.2, 0.25) is 0 Å². The smallest absolute Gasteiger partial charge is 0.137 e. The number of aromatic nitrogens is 3. The molecule has 0 aliphatic carbocycles. The van der Waals surface area contributed by atoms with Crippen LogP contribution in [0.5, 0.6) is 0 Å². The molecule has 0 amide bonds. The van der Waals surface area contributed by atoms with Gasteiger partial charge in [0.15, 0.2) is 0 Å². The van der Waals surface area contributed by atoms with Crippen molar-refractivity contribution in [1.82, 2.24) is 20.5 Å². The van der Waals surface area contributed by atoms with Crippen molar-refractivity contribution >= 4 is 0 Å². The van der Waals surface area contributed by atoms with Crippen molar-refractivity contribution in [3.8, 4) is 0 Å². The molecule has 0 bridgehead atoms. The molecule has 5 nitrogen and oxygen atoms in total. The first-order valence-electron chi connectivity index (χ1n) is 4.91. The fourth-order valence-electron chi connectivity index (χ4n) is 1.50. The summed E-state index contributed by atoms with van der Waals surface area (Å²) >= 11 is 0. The van der Waals surface area contributed by atoms with Gasteiger partial charge in [0.1, 0.15) is 12.2 Å². The van der Waals surface area contributed by atoms with E-state index in [0.717, 1.165) is 38.5 Å². The Morgan fingerprint density at radius 2 is 2.50 bits per heavy atom. The Hall–Kier alpha value is -0.940. The highest BCUT2D eigenvalue weighted by atomic mass is 16.5. The molecule has 0 saturated carbocycles. The summed E-state index contributed by atoms with van der Waals surface area (Å²) in [4.78, 5) is 4.05. The van der Waals surface area contributed by atoms with Crippen LogP contribution in [0.4, 0.5) is 0 Å². The second-order valence-electron chi connectivity index (χ2n) is 4.16. The van der Waals surface area contributed by atoms with Gasteiger partial charge in [0, 0.05) is 24.9 Å². The van der Waals surface area contributed by atoms with Gasteiger partial charge in [-0.15, -0.1) is 0 Å². The van der Waals surface area contributed by atoms with E-state index in [1.807, 2.05) is 0 Å². The third-order valence-electron chi connectivity index (χ3n) is 2.46. The molecule has 5 heteroatoms. The van der Waals surface area contributed by atoms with Crippen molar-refractivity contribution in [2.24, 2.45) is 5.41 Å². The average molecular weight is 196 g/mol. The number of aromatic amines is 1. The quantitative estimate of drug-likeness (QED) is 0.649. The molecular formula is C9H16N4O. The summed E-state index contributed by atoms with van der Waals surface area (Å²) in [7, 11) is 0. The maximum atomic E-state index is 5.17. The van der Waals surface area contributed by atoms with Gasteiger partial charge in [-0.05, 0) is 0 Å². The minimum absolute atomic E-state index is 0.349. The fourth-order valence-corrected chi connectivity index (χ4v) is 1.50. The third-order valence-corrected chi connectivity index (χ3v) is 2.46. The summed E-state index contributed by atoms with van der Waals surface area (Å²) in [6.45, 7) is 5.94. The summed E-state index contributed by atoms with van der Waals surface area (Å²) < 4.78 is 5.17. The number of nitrogens with one attached hydrogen (secondary N) is 2. The van der Waals surface area contributed by atoms with Crippen LogP contribution >= 0.6 is 0 Å². The van der Waals surface area contributed by atoms with Crippen LogP contribution < -0.4 is 5.32 Å². The van der Waals surface area contributed by atoms with Crippen LogP contribution in [0.2, 0.25) is 0 Å². The lowest BCUT2D eigenvalue weighted by molar-refractivity contribution is -0.0988. The average Bonchev–Trinajstić information content (AvgIpc) is 2.62. The van der Waals surface area contributed by atoms with Gasteiger partial charge in [0.05, 0.1) is 13.2 Å². The molecule has 1 aromatic rings. The number of rotatable bonds is 5. The first-order chi connectivity index (χ1) is 6.79. The predicted molar refractivity (Wildman–Crippen MR) is 51.9 cm³/mol. The number of hydrogen-bond donors (Lipinski definition) is 2. The zero-order valence-corrected chi connectivity index (χ0v) is 8.42. The Labute approximate surface area is 83.3 Å². The van der Waals surface area contributed by atoms with Crippen molar-refractivity contribution in [3.63, 3.8) is 0 Å². The van der Waals surface area contributed by atoms with Crippen molar-refractivity contribution in [3.05, 3.63) is 12.2 Å².